The third kappa shape index (κ3) is 3.97. The molecule has 0 aliphatic rings. The van der Waals surface area contributed by atoms with E-state index >= 15 is 0 Å². The van der Waals surface area contributed by atoms with Gasteiger partial charge in [0.15, 0.2) is 0 Å². The second kappa shape index (κ2) is 7.17. The van der Waals surface area contributed by atoms with Crippen molar-refractivity contribution in [2.75, 3.05) is 0 Å². The Morgan fingerprint density at radius 3 is 1.62 bits per heavy atom. The van der Waals surface area contributed by atoms with Gasteiger partial charge in [0, 0.05) is 11.8 Å². The highest BCUT2D eigenvalue weighted by Gasteiger charge is 2.35. The van der Waals surface area contributed by atoms with E-state index in [0.29, 0.717) is 5.39 Å². The summed E-state index contributed by atoms with van der Waals surface area (Å²) in [4.78, 5) is 0. The van der Waals surface area contributed by atoms with Crippen molar-refractivity contribution in [1.82, 2.24) is 0 Å². The molecule has 0 saturated heterocycles. The fraction of sp³-hybridized carbons (Fsp3) is 0.217. The Balaban J connectivity index is 1.82. The van der Waals surface area contributed by atoms with Crippen molar-refractivity contribution >= 4 is 32.3 Å². The molecular formula is C23H17F5O. The summed E-state index contributed by atoms with van der Waals surface area (Å²) in [5.41, 5.74) is 0. The minimum Gasteiger partial charge on any atom is -0.432 e. The molecule has 0 atom stereocenters. The van der Waals surface area contributed by atoms with Crippen molar-refractivity contribution in [2.24, 2.45) is 0 Å². The van der Waals surface area contributed by atoms with E-state index in [1.807, 2.05) is 54.6 Å². The molecular weight excluding hydrogens is 387 g/mol. The molecule has 0 N–H and O–H groups in total. The van der Waals surface area contributed by atoms with Gasteiger partial charge in [-0.05, 0) is 39.4 Å². The van der Waals surface area contributed by atoms with Gasteiger partial charge < -0.3 is 4.74 Å². The van der Waals surface area contributed by atoms with E-state index in [9.17, 15) is 22.0 Å². The molecule has 0 amide bonds. The maximum atomic E-state index is 14.3. The van der Waals surface area contributed by atoms with Crippen LogP contribution in [-0.2, 0) is 0 Å². The van der Waals surface area contributed by atoms with Crippen molar-refractivity contribution in [3.8, 4) is 5.75 Å². The van der Waals surface area contributed by atoms with Crippen molar-refractivity contribution in [1.29, 1.82) is 0 Å². The van der Waals surface area contributed by atoms with Gasteiger partial charge in [0.05, 0.1) is 6.42 Å². The molecule has 6 heteroatoms. The maximum Gasteiger partial charge on any atom is 0.397 e. The van der Waals surface area contributed by atoms with Crippen molar-refractivity contribution < 1.29 is 26.7 Å². The molecule has 0 aromatic heterocycles. The van der Waals surface area contributed by atoms with E-state index in [0.717, 1.165) is 26.9 Å². The number of benzene rings is 4. The smallest absolute Gasteiger partial charge is 0.397 e. The topological polar surface area (TPSA) is 9.23 Å². The van der Waals surface area contributed by atoms with Gasteiger partial charge >= 0.3 is 12.3 Å². The van der Waals surface area contributed by atoms with Gasteiger partial charge in [-0.3, -0.25) is 0 Å². The Morgan fingerprint density at radius 2 is 1.07 bits per heavy atom. The van der Waals surface area contributed by atoms with E-state index in [2.05, 4.69) is 0 Å². The number of halogens is 5. The van der Waals surface area contributed by atoms with Gasteiger partial charge in [-0.15, -0.1) is 0 Å². The van der Waals surface area contributed by atoms with Crippen molar-refractivity contribution in [3.63, 3.8) is 0 Å². The van der Waals surface area contributed by atoms with E-state index in [4.69, 9.17) is 4.74 Å². The Kier molecular flexibility index (Phi) is 4.81. The second-order valence-electron chi connectivity index (χ2n) is 6.98. The Morgan fingerprint density at radius 1 is 0.586 bits per heavy atom. The lowest BCUT2D eigenvalue weighted by molar-refractivity contribution is -0.188. The average Bonchev–Trinajstić information content (AvgIpc) is 2.67. The molecule has 0 fully saturated rings. The fourth-order valence-corrected chi connectivity index (χ4v) is 3.71. The van der Waals surface area contributed by atoms with Crippen molar-refractivity contribution in [3.05, 3.63) is 66.7 Å². The van der Waals surface area contributed by atoms with Crippen LogP contribution in [-0.4, -0.2) is 12.3 Å². The summed E-state index contributed by atoms with van der Waals surface area (Å²) in [6, 6.07) is 20.0. The summed E-state index contributed by atoms with van der Waals surface area (Å²) in [5.74, 6) is -0.0403. The quantitative estimate of drug-likeness (QED) is 0.243. The van der Waals surface area contributed by atoms with Crippen LogP contribution in [0.15, 0.2) is 66.7 Å². The molecule has 1 nitrogen and oxygen atoms in total. The molecule has 0 aliphatic carbocycles. The first-order valence-electron chi connectivity index (χ1n) is 9.21. The van der Waals surface area contributed by atoms with Crippen LogP contribution >= 0.6 is 0 Å². The SMILES string of the molecule is FC(F)(F)CCCC(F)(F)Oc1cccc2c3ccccc3c3ccccc3c12. The third-order valence-corrected chi connectivity index (χ3v) is 4.92. The normalized spacial score (nSPS) is 12.7. The number of ether oxygens (including phenoxy) is 1. The first-order valence-corrected chi connectivity index (χ1v) is 9.21. The number of alkyl halides is 5. The predicted octanol–water partition coefficient (Wildman–Crippen LogP) is 7.85. The maximum absolute atomic E-state index is 14.3. The molecule has 0 radical (unpaired) electrons. The van der Waals surface area contributed by atoms with Crippen molar-refractivity contribution in [2.45, 2.75) is 31.5 Å². The average molecular weight is 404 g/mol. The van der Waals surface area contributed by atoms with Gasteiger partial charge in [-0.1, -0.05) is 60.7 Å². The summed E-state index contributed by atoms with van der Waals surface area (Å²) < 4.78 is 70.6. The lowest BCUT2D eigenvalue weighted by Crippen LogP contribution is -2.25. The van der Waals surface area contributed by atoms with E-state index in [1.54, 1.807) is 6.07 Å². The second-order valence-corrected chi connectivity index (χ2v) is 6.98. The zero-order chi connectivity index (χ0) is 20.6. The fourth-order valence-electron chi connectivity index (χ4n) is 3.71. The zero-order valence-electron chi connectivity index (χ0n) is 15.3. The lowest BCUT2D eigenvalue weighted by atomic mass is 9.94. The van der Waals surface area contributed by atoms with Gasteiger partial charge in [-0.2, -0.15) is 22.0 Å². The highest BCUT2D eigenvalue weighted by Crippen LogP contribution is 2.41. The van der Waals surface area contributed by atoms with E-state index in [-0.39, 0.29) is 5.75 Å². The summed E-state index contributed by atoms with van der Waals surface area (Å²) in [6.45, 7) is 0. The van der Waals surface area contributed by atoms with Crippen LogP contribution in [0.5, 0.6) is 5.75 Å². The Labute approximate surface area is 163 Å². The molecule has 0 bridgehead atoms. The molecule has 4 rings (SSSR count). The highest BCUT2D eigenvalue weighted by atomic mass is 19.4. The molecule has 0 aliphatic heterocycles. The molecule has 4 aromatic rings. The first kappa shape index (κ1) is 19.4. The van der Waals surface area contributed by atoms with E-state index in [1.165, 1.54) is 6.07 Å². The van der Waals surface area contributed by atoms with Crippen LogP contribution in [0.4, 0.5) is 22.0 Å². The number of fused-ring (bicyclic) bond motifs is 6. The molecule has 0 saturated carbocycles. The van der Waals surface area contributed by atoms with Crippen LogP contribution in [0.2, 0.25) is 0 Å². The molecule has 4 aromatic carbocycles. The van der Waals surface area contributed by atoms with Crippen LogP contribution in [0.1, 0.15) is 19.3 Å². The minimum atomic E-state index is -4.47. The van der Waals surface area contributed by atoms with Crippen LogP contribution in [0, 0.1) is 0 Å². The summed E-state index contributed by atoms with van der Waals surface area (Å²) in [6.07, 6.45) is -11.1. The van der Waals surface area contributed by atoms with Crippen LogP contribution < -0.4 is 4.74 Å². The number of hydrogen-bond donors (Lipinski definition) is 0. The highest BCUT2D eigenvalue weighted by molar-refractivity contribution is 6.26. The molecule has 0 spiro atoms. The van der Waals surface area contributed by atoms with Crippen LogP contribution in [0.25, 0.3) is 32.3 Å². The summed E-state index contributed by atoms with van der Waals surface area (Å²) in [5, 5.41) is 4.81. The van der Waals surface area contributed by atoms with Gasteiger partial charge in [-0.25, -0.2) is 0 Å². The molecule has 0 unspecified atom stereocenters. The van der Waals surface area contributed by atoms with Gasteiger partial charge in [0.25, 0.3) is 0 Å². The summed E-state index contributed by atoms with van der Waals surface area (Å²) >= 11 is 0. The first-order chi connectivity index (χ1) is 13.8. The minimum absolute atomic E-state index is 0.0403. The standard InChI is InChI=1S/C23H17F5O/c24-22(25,26)13-6-14-23(27,28)29-20-12-5-11-19-17-8-2-1-7-15(17)16-9-3-4-10-18(16)21(19)20/h1-5,7-12H,6,13-14H2. The monoisotopic (exact) mass is 404 g/mol. The summed E-state index contributed by atoms with van der Waals surface area (Å²) in [7, 11) is 0. The number of rotatable bonds is 5. The van der Waals surface area contributed by atoms with E-state index < -0.39 is 31.5 Å². The Hall–Kier alpha value is -2.89. The van der Waals surface area contributed by atoms with Gasteiger partial charge in [0.2, 0.25) is 0 Å². The third-order valence-electron chi connectivity index (χ3n) is 4.92. The predicted molar refractivity (Wildman–Crippen MR) is 104 cm³/mol. The largest absolute Gasteiger partial charge is 0.432 e. The molecule has 150 valence electrons. The molecule has 0 heterocycles. The number of hydrogen-bond acceptors (Lipinski definition) is 1. The Bertz CT molecular complexity index is 1140. The zero-order valence-corrected chi connectivity index (χ0v) is 15.3. The van der Waals surface area contributed by atoms with Crippen LogP contribution in [0.3, 0.4) is 0 Å². The lowest BCUT2D eigenvalue weighted by Gasteiger charge is -2.21. The molecule has 29 heavy (non-hydrogen) atoms. The van der Waals surface area contributed by atoms with Gasteiger partial charge in [0.1, 0.15) is 5.75 Å².